The van der Waals surface area contributed by atoms with E-state index in [-0.39, 0.29) is 23.6 Å². The molecule has 132 valence electrons. The zero-order chi connectivity index (χ0) is 18.4. The van der Waals surface area contributed by atoms with Gasteiger partial charge in [0.2, 0.25) is 10.0 Å². The third-order valence-electron chi connectivity index (χ3n) is 3.90. The first-order valence-corrected chi connectivity index (χ1v) is 9.39. The fourth-order valence-corrected chi connectivity index (χ4v) is 4.16. The number of Topliss-reactive ketones (excluding diaryl/α,β-unsaturated/α-hetero) is 1. The van der Waals surface area contributed by atoms with Crippen molar-refractivity contribution in [3.05, 3.63) is 72.6 Å². The molecule has 0 saturated heterocycles. The lowest BCUT2D eigenvalue weighted by molar-refractivity contribution is -0.120. The molecule has 0 spiro atoms. The van der Waals surface area contributed by atoms with Crippen LogP contribution < -0.4 is 0 Å². The van der Waals surface area contributed by atoms with Gasteiger partial charge in [0.15, 0.2) is 0 Å². The second-order valence-corrected chi connectivity index (χ2v) is 7.77. The van der Waals surface area contributed by atoms with Gasteiger partial charge >= 0.3 is 0 Å². The van der Waals surface area contributed by atoms with Crippen molar-refractivity contribution in [2.75, 3.05) is 0 Å². The van der Waals surface area contributed by atoms with Crippen molar-refractivity contribution in [1.29, 1.82) is 0 Å². The van der Waals surface area contributed by atoms with Gasteiger partial charge in [-0.2, -0.15) is 4.31 Å². The number of hydrogen-bond donors (Lipinski definition) is 0. The van der Waals surface area contributed by atoms with Gasteiger partial charge in [-0.1, -0.05) is 29.8 Å². The number of nitrogens with zero attached hydrogens (tertiary/aromatic N) is 2. The summed E-state index contributed by atoms with van der Waals surface area (Å²) in [5.74, 6) is -0.223. The van der Waals surface area contributed by atoms with Crippen LogP contribution in [0.4, 0.5) is 0 Å². The topological polar surface area (TPSA) is 67.3 Å². The Morgan fingerprint density at radius 3 is 2.48 bits per heavy atom. The smallest absolute Gasteiger partial charge is 0.244 e. The summed E-state index contributed by atoms with van der Waals surface area (Å²) < 4.78 is 27.6. The Labute approximate surface area is 149 Å². The first kappa shape index (κ1) is 19.0. The number of carbonyl (C=O) groups excluding carboxylic acids is 1. The lowest BCUT2D eigenvalue weighted by Crippen LogP contribution is -2.43. The van der Waals surface area contributed by atoms with Gasteiger partial charge in [0.1, 0.15) is 5.78 Å². The van der Waals surface area contributed by atoms with E-state index in [0.29, 0.717) is 5.56 Å². The van der Waals surface area contributed by atoms with Crippen molar-refractivity contribution in [2.24, 2.45) is 0 Å². The Hall–Kier alpha value is -2.31. The summed E-state index contributed by atoms with van der Waals surface area (Å²) in [6.07, 6.45) is 5.03. The van der Waals surface area contributed by atoms with Crippen molar-refractivity contribution >= 4 is 15.8 Å². The summed E-state index contributed by atoms with van der Waals surface area (Å²) in [7, 11) is -3.85. The molecule has 2 rings (SSSR count). The van der Waals surface area contributed by atoms with Gasteiger partial charge in [-0.3, -0.25) is 9.78 Å². The van der Waals surface area contributed by atoms with E-state index < -0.39 is 16.1 Å². The summed E-state index contributed by atoms with van der Waals surface area (Å²) >= 11 is 0. The third-order valence-corrected chi connectivity index (χ3v) is 5.76. The Morgan fingerprint density at radius 1 is 1.28 bits per heavy atom. The number of ketones is 1. The molecule has 0 saturated carbocycles. The maximum atomic E-state index is 13.2. The largest absolute Gasteiger partial charge is 0.298 e. The van der Waals surface area contributed by atoms with Crippen LogP contribution in [0.15, 0.2) is 66.3 Å². The molecule has 6 heteroatoms. The summed E-state index contributed by atoms with van der Waals surface area (Å²) in [4.78, 5) is 16.3. The molecule has 0 bridgehead atoms. The molecule has 0 unspecified atom stereocenters. The molecule has 0 amide bonds. The zero-order valence-corrected chi connectivity index (χ0v) is 15.2. The number of sulfonamides is 1. The normalized spacial score (nSPS) is 12.8. The SMILES string of the molecule is C=CC[C@H](C(C)=O)N(Cc1cccnc1)S(=O)(=O)c1ccc(C)cc1. The van der Waals surface area contributed by atoms with Crippen LogP contribution in [-0.4, -0.2) is 29.5 Å². The van der Waals surface area contributed by atoms with E-state index in [1.807, 2.05) is 6.92 Å². The number of aromatic nitrogens is 1. The summed E-state index contributed by atoms with van der Waals surface area (Å²) in [5.41, 5.74) is 1.68. The molecule has 0 aliphatic carbocycles. The van der Waals surface area contributed by atoms with Gasteiger partial charge < -0.3 is 0 Å². The average molecular weight is 358 g/mol. The fourth-order valence-electron chi connectivity index (χ4n) is 2.52. The van der Waals surface area contributed by atoms with Crippen LogP contribution in [0.2, 0.25) is 0 Å². The predicted octanol–water partition coefficient (Wildman–Crippen LogP) is 3.11. The summed E-state index contributed by atoms with van der Waals surface area (Å²) in [5, 5.41) is 0. The van der Waals surface area contributed by atoms with E-state index in [1.165, 1.54) is 11.2 Å². The second-order valence-electron chi connectivity index (χ2n) is 5.88. The minimum absolute atomic E-state index is 0.0716. The molecule has 5 nitrogen and oxygen atoms in total. The highest BCUT2D eigenvalue weighted by Gasteiger charge is 2.33. The van der Waals surface area contributed by atoms with Crippen LogP contribution in [0.25, 0.3) is 0 Å². The van der Waals surface area contributed by atoms with Crippen molar-refractivity contribution in [3.8, 4) is 0 Å². The standard InChI is InChI=1S/C19H22N2O3S/c1-4-6-19(16(3)22)21(14-17-7-5-12-20-13-17)25(23,24)18-10-8-15(2)9-11-18/h4-5,7-13,19H,1,6,14H2,2-3H3/t19-/m1/s1. The molecule has 0 fully saturated rings. The van der Waals surface area contributed by atoms with Crippen molar-refractivity contribution in [2.45, 2.75) is 37.8 Å². The molecule has 0 N–H and O–H groups in total. The lowest BCUT2D eigenvalue weighted by atomic mass is 10.1. The third kappa shape index (κ3) is 4.61. The minimum atomic E-state index is -3.85. The molecule has 0 aliphatic heterocycles. The highest BCUT2D eigenvalue weighted by atomic mass is 32.2. The molecular formula is C19H22N2O3S. The number of carbonyl (C=O) groups is 1. The number of benzene rings is 1. The Balaban J connectivity index is 2.50. The van der Waals surface area contributed by atoms with Gasteiger partial charge in [-0.25, -0.2) is 8.42 Å². The van der Waals surface area contributed by atoms with Crippen molar-refractivity contribution < 1.29 is 13.2 Å². The van der Waals surface area contributed by atoms with E-state index in [2.05, 4.69) is 11.6 Å². The summed E-state index contributed by atoms with van der Waals surface area (Å²) in [6.45, 7) is 7.01. The molecule has 1 aromatic heterocycles. The Morgan fingerprint density at radius 2 is 1.96 bits per heavy atom. The van der Waals surface area contributed by atoms with Crippen LogP contribution in [0.1, 0.15) is 24.5 Å². The number of aryl methyl sites for hydroxylation is 1. The summed E-state index contributed by atoms with van der Waals surface area (Å²) in [6, 6.07) is 9.33. The molecule has 1 aromatic carbocycles. The molecule has 0 aliphatic rings. The number of hydrogen-bond acceptors (Lipinski definition) is 4. The van der Waals surface area contributed by atoms with Gasteiger partial charge in [-0.15, -0.1) is 6.58 Å². The molecule has 1 heterocycles. The number of rotatable bonds is 8. The van der Waals surface area contributed by atoms with Crippen LogP contribution in [-0.2, 0) is 21.4 Å². The zero-order valence-electron chi connectivity index (χ0n) is 14.4. The maximum Gasteiger partial charge on any atom is 0.244 e. The Kier molecular flexibility index (Phi) is 6.22. The number of pyridine rings is 1. The first-order chi connectivity index (χ1) is 11.9. The van der Waals surface area contributed by atoms with Crippen LogP contribution >= 0.6 is 0 Å². The average Bonchev–Trinajstić information content (AvgIpc) is 2.59. The first-order valence-electron chi connectivity index (χ1n) is 7.95. The molecular weight excluding hydrogens is 336 g/mol. The van der Waals surface area contributed by atoms with Crippen molar-refractivity contribution in [1.82, 2.24) is 9.29 Å². The molecule has 25 heavy (non-hydrogen) atoms. The molecule has 1 atom stereocenters. The highest BCUT2D eigenvalue weighted by molar-refractivity contribution is 7.89. The predicted molar refractivity (Wildman–Crippen MR) is 97.4 cm³/mol. The van der Waals surface area contributed by atoms with E-state index in [0.717, 1.165) is 5.56 Å². The van der Waals surface area contributed by atoms with Crippen molar-refractivity contribution in [3.63, 3.8) is 0 Å². The van der Waals surface area contributed by atoms with Gasteiger partial charge in [0, 0.05) is 18.9 Å². The lowest BCUT2D eigenvalue weighted by Gasteiger charge is -2.28. The van der Waals surface area contributed by atoms with E-state index in [4.69, 9.17) is 0 Å². The van der Waals surface area contributed by atoms with Gasteiger partial charge in [0.05, 0.1) is 10.9 Å². The fraction of sp³-hybridized carbons (Fsp3) is 0.263. The highest BCUT2D eigenvalue weighted by Crippen LogP contribution is 2.23. The Bertz CT molecular complexity index is 831. The van der Waals surface area contributed by atoms with Crippen LogP contribution in [0, 0.1) is 6.92 Å². The van der Waals surface area contributed by atoms with Crippen LogP contribution in [0.3, 0.4) is 0 Å². The molecule has 0 radical (unpaired) electrons. The molecule has 2 aromatic rings. The van der Waals surface area contributed by atoms with E-state index in [9.17, 15) is 13.2 Å². The minimum Gasteiger partial charge on any atom is -0.298 e. The van der Waals surface area contributed by atoms with E-state index in [1.54, 1.807) is 54.9 Å². The van der Waals surface area contributed by atoms with Crippen LogP contribution in [0.5, 0.6) is 0 Å². The quantitative estimate of drug-likeness (QED) is 0.680. The second kappa shape index (κ2) is 8.18. The monoisotopic (exact) mass is 358 g/mol. The van der Waals surface area contributed by atoms with E-state index >= 15 is 0 Å². The maximum absolute atomic E-state index is 13.2. The van der Waals surface area contributed by atoms with Gasteiger partial charge in [0.25, 0.3) is 0 Å². The van der Waals surface area contributed by atoms with Gasteiger partial charge in [-0.05, 0) is 44.0 Å².